The van der Waals surface area contributed by atoms with Crippen molar-refractivity contribution in [1.29, 1.82) is 0 Å². The fraction of sp³-hybridized carbons (Fsp3) is 0.500. The molecule has 2 aromatic rings. The van der Waals surface area contributed by atoms with Gasteiger partial charge in [-0.3, -0.25) is 9.59 Å². The highest BCUT2D eigenvalue weighted by atomic mass is 35.5. The lowest BCUT2D eigenvalue weighted by molar-refractivity contribution is -0.143. The highest BCUT2D eigenvalue weighted by molar-refractivity contribution is 7.80. The molecule has 0 fully saturated rings. The fourth-order valence-electron chi connectivity index (χ4n) is 4.24. The molecule has 0 aliphatic rings. The topological polar surface area (TPSA) is 108 Å². The summed E-state index contributed by atoms with van der Waals surface area (Å²) in [5.74, 6) is -0.732. The molecule has 220 valence electrons. The van der Waals surface area contributed by atoms with Gasteiger partial charge in [-0.1, -0.05) is 49.7 Å². The van der Waals surface area contributed by atoms with Crippen LogP contribution in [0.15, 0.2) is 42.5 Å². The number of aryl methyl sites for hydroxylation is 1. The minimum Gasteiger partial charge on any atom is -0.508 e. The van der Waals surface area contributed by atoms with Crippen molar-refractivity contribution in [3.8, 4) is 5.75 Å². The number of alkyl carbamates (subject to hydrolysis) is 1. The summed E-state index contributed by atoms with van der Waals surface area (Å²) in [7, 11) is 0. The van der Waals surface area contributed by atoms with Crippen molar-refractivity contribution in [1.82, 2.24) is 10.2 Å². The number of hydrogen-bond acceptors (Lipinski definition) is 6. The van der Waals surface area contributed by atoms with Crippen LogP contribution >= 0.6 is 24.2 Å². The van der Waals surface area contributed by atoms with Gasteiger partial charge in [0.25, 0.3) is 5.91 Å². The Balaban J connectivity index is 2.61. The number of carbonyl (C=O) groups is 3. The lowest BCUT2D eigenvalue weighted by atomic mass is 9.97. The van der Waals surface area contributed by atoms with Crippen molar-refractivity contribution < 1.29 is 24.2 Å². The van der Waals surface area contributed by atoms with Crippen LogP contribution in [-0.4, -0.2) is 51.4 Å². The SMILES string of the molecule is Cc1cccc(Cl)c1NC(=O)C(c1cccc(O)c1)N(C(=O)C(CS)NC(=O)OC(C)(C)C)C(C)CCC(C)C. The third-order valence-electron chi connectivity index (χ3n) is 6.25. The van der Waals surface area contributed by atoms with E-state index in [9.17, 15) is 19.5 Å². The van der Waals surface area contributed by atoms with Crippen LogP contribution < -0.4 is 10.6 Å². The highest BCUT2D eigenvalue weighted by Gasteiger charge is 2.39. The Hall–Kier alpha value is -2.91. The molecule has 8 nitrogen and oxygen atoms in total. The number of halogens is 1. The molecule has 3 atom stereocenters. The summed E-state index contributed by atoms with van der Waals surface area (Å²) in [4.78, 5) is 42.3. The van der Waals surface area contributed by atoms with Crippen molar-refractivity contribution in [3.63, 3.8) is 0 Å². The van der Waals surface area contributed by atoms with E-state index in [-0.39, 0.29) is 11.5 Å². The Morgan fingerprint density at radius 2 is 1.73 bits per heavy atom. The predicted octanol–water partition coefficient (Wildman–Crippen LogP) is 6.51. The number of amides is 3. The van der Waals surface area contributed by atoms with Gasteiger partial charge in [-0.05, 0) is 82.7 Å². The molecule has 0 aliphatic heterocycles. The summed E-state index contributed by atoms with van der Waals surface area (Å²) in [6.45, 7) is 13.0. The molecule has 40 heavy (non-hydrogen) atoms. The van der Waals surface area contributed by atoms with Crippen LogP contribution in [0.5, 0.6) is 5.75 Å². The zero-order valence-corrected chi connectivity index (χ0v) is 26.0. The second-order valence-corrected chi connectivity index (χ2v) is 12.1. The van der Waals surface area contributed by atoms with E-state index in [0.29, 0.717) is 28.6 Å². The monoisotopic (exact) mass is 591 g/mol. The van der Waals surface area contributed by atoms with E-state index in [4.69, 9.17) is 16.3 Å². The molecule has 0 saturated carbocycles. The number of phenols is 1. The van der Waals surface area contributed by atoms with Gasteiger partial charge in [-0.15, -0.1) is 0 Å². The van der Waals surface area contributed by atoms with Crippen LogP contribution in [0.25, 0.3) is 0 Å². The van der Waals surface area contributed by atoms with Gasteiger partial charge >= 0.3 is 6.09 Å². The summed E-state index contributed by atoms with van der Waals surface area (Å²) >= 11 is 10.8. The zero-order valence-electron chi connectivity index (χ0n) is 24.3. The molecule has 2 rings (SSSR count). The predicted molar refractivity (Wildman–Crippen MR) is 163 cm³/mol. The Kier molecular flexibility index (Phi) is 12.2. The number of phenolic OH excluding ortho intramolecular Hbond substituents is 1. The van der Waals surface area contributed by atoms with Gasteiger partial charge in [0.1, 0.15) is 23.4 Å². The number of aromatic hydroxyl groups is 1. The van der Waals surface area contributed by atoms with Crippen LogP contribution in [0.4, 0.5) is 10.5 Å². The van der Waals surface area contributed by atoms with Crippen LogP contribution in [-0.2, 0) is 14.3 Å². The van der Waals surface area contributed by atoms with E-state index in [0.717, 1.165) is 12.0 Å². The summed E-state index contributed by atoms with van der Waals surface area (Å²) < 4.78 is 5.37. The van der Waals surface area contributed by atoms with Crippen LogP contribution in [0, 0.1) is 12.8 Å². The van der Waals surface area contributed by atoms with Gasteiger partial charge in [0.2, 0.25) is 5.91 Å². The van der Waals surface area contributed by atoms with E-state index >= 15 is 0 Å². The maximum Gasteiger partial charge on any atom is 0.408 e. The normalized spacial score (nSPS) is 13.8. The Labute approximate surface area is 248 Å². The molecule has 3 N–H and O–H groups in total. The second-order valence-electron chi connectivity index (χ2n) is 11.4. The molecule has 3 amide bonds. The first kappa shape index (κ1) is 33.3. The molecule has 0 heterocycles. The number of thiol groups is 1. The Morgan fingerprint density at radius 1 is 1.07 bits per heavy atom. The van der Waals surface area contributed by atoms with E-state index in [1.165, 1.54) is 17.0 Å². The first-order chi connectivity index (χ1) is 18.6. The number of hydrogen-bond donors (Lipinski definition) is 4. The molecule has 3 unspecified atom stereocenters. The number of rotatable bonds is 11. The lowest BCUT2D eigenvalue weighted by Crippen LogP contribution is -2.55. The number of ether oxygens (including phenoxy) is 1. The summed E-state index contributed by atoms with van der Waals surface area (Å²) in [5, 5.41) is 16.2. The highest BCUT2D eigenvalue weighted by Crippen LogP contribution is 2.32. The van der Waals surface area contributed by atoms with Gasteiger partial charge in [-0.2, -0.15) is 12.6 Å². The summed E-state index contributed by atoms with van der Waals surface area (Å²) in [5.41, 5.74) is 0.817. The number of anilines is 1. The van der Waals surface area contributed by atoms with E-state index in [1.807, 2.05) is 19.9 Å². The maximum absolute atomic E-state index is 14.2. The van der Waals surface area contributed by atoms with Crippen molar-refractivity contribution in [2.45, 2.75) is 85.0 Å². The van der Waals surface area contributed by atoms with Gasteiger partial charge in [0.05, 0.1) is 10.7 Å². The number of nitrogens with zero attached hydrogens (tertiary/aromatic N) is 1. The van der Waals surface area contributed by atoms with E-state index in [1.54, 1.807) is 45.0 Å². The van der Waals surface area contributed by atoms with Gasteiger partial charge in [-0.25, -0.2) is 4.79 Å². The van der Waals surface area contributed by atoms with E-state index in [2.05, 4.69) is 37.1 Å². The minimum absolute atomic E-state index is 0.0243. The van der Waals surface area contributed by atoms with Crippen molar-refractivity contribution in [2.24, 2.45) is 5.92 Å². The minimum atomic E-state index is -1.15. The van der Waals surface area contributed by atoms with Crippen molar-refractivity contribution >= 4 is 47.8 Å². The molecule has 10 heteroatoms. The fourth-order valence-corrected chi connectivity index (χ4v) is 4.76. The van der Waals surface area contributed by atoms with Gasteiger partial charge in [0.15, 0.2) is 0 Å². The summed E-state index contributed by atoms with van der Waals surface area (Å²) in [6.07, 6.45) is 0.636. The molecule has 2 aromatic carbocycles. The number of benzene rings is 2. The van der Waals surface area contributed by atoms with Crippen molar-refractivity contribution in [3.05, 3.63) is 58.6 Å². The van der Waals surface area contributed by atoms with E-state index < -0.39 is 41.6 Å². The number of carbonyl (C=O) groups excluding carboxylic acids is 3. The lowest BCUT2D eigenvalue weighted by Gasteiger charge is -2.38. The molecule has 0 aliphatic carbocycles. The quantitative estimate of drug-likeness (QED) is 0.223. The van der Waals surface area contributed by atoms with Crippen LogP contribution in [0.1, 0.15) is 71.6 Å². The summed E-state index contributed by atoms with van der Waals surface area (Å²) in [6, 6.07) is 8.87. The first-order valence-electron chi connectivity index (χ1n) is 13.4. The second kappa shape index (κ2) is 14.6. The molecule has 0 saturated heterocycles. The third-order valence-corrected chi connectivity index (χ3v) is 6.93. The van der Waals surface area contributed by atoms with Gasteiger partial charge < -0.3 is 25.4 Å². The molecular weight excluding hydrogens is 550 g/mol. The Bertz CT molecular complexity index is 1160. The zero-order chi connectivity index (χ0) is 30.2. The molecule has 0 spiro atoms. The first-order valence-corrected chi connectivity index (χ1v) is 14.4. The number of nitrogens with one attached hydrogen (secondary N) is 2. The third kappa shape index (κ3) is 9.63. The molecular formula is C30H42ClN3O5S. The van der Waals surface area contributed by atoms with Crippen LogP contribution in [0.3, 0.4) is 0 Å². The van der Waals surface area contributed by atoms with Crippen LogP contribution in [0.2, 0.25) is 5.02 Å². The smallest absolute Gasteiger partial charge is 0.408 e. The van der Waals surface area contributed by atoms with Crippen molar-refractivity contribution in [2.75, 3.05) is 11.1 Å². The average Bonchev–Trinajstić information content (AvgIpc) is 2.85. The number of para-hydroxylation sites is 1. The van der Waals surface area contributed by atoms with Gasteiger partial charge in [0, 0.05) is 11.8 Å². The molecule has 0 bridgehead atoms. The Morgan fingerprint density at radius 3 is 2.27 bits per heavy atom. The standard InChI is InChI=1S/C30H42ClN3O5S/c1-18(2)14-15-20(4)34(28(37)24(17-40)32-29(38)39-30(5,6)7)26(21-11-9-12-22(35)16-21)27(36)33-25-19(3)10-8-13-23(25)31/h8-13,16,18,20,24,26,35,40H,14-15,17H2,1-7H3,(H,32,38)(H,33,36). The maximum atomic E-state index is 14.2. The average molecular weight is 592 g/mol. The molecule has 0 aromatic heterocycles. The molecule has 0 radical (unpaired) electrons. The largest absolute Gasteiger partial charge is 0.508 e.